The smallest absolute Gasteiger partial charge is 0.338 e. The van der Waals surface area contributed by atoms with E-state index in [0.29, 0.717) is 16.5 Å². The van der Waals surface area contributed by atoms with Gasteiger partial charge in [-0.2, -0.15) is 0 Å². The third-order valence-corrected chi connectivity index (χ3v) is 4.85. The Kier molecular flexibility index (Phi) is 7.35. The van der Waals surface area contributed by atoms with Crippen molar-refractivity contribution in [3.63, 3.8) is 0 Å². The van der Waals surface area contributed by atoms with Crippen molar-refractivity contribution in [1.82, 2.24) is 0 Å². The zero-order valence-corrected chi connectivity index (χ0v) is 18.5. The van der Waals surface area contributed by atoms with E-state index >= 15 is 0 Å². The van der Waals surface area contributed by atoms with Crippen LogP contribution in [0, 0.1) is 0 Å². The van der Waals surface area contributed by atoms with Crippen molar-refractivity contribution in [2.45, 2.75) is 0 Å². The highest BCUT2D eigenvalue weighted by atomic mass is 35.5. The van der Waals surface area contributed by atoms with E-state index in [1.54, 1.807) is 30.3 Å². The molecule has 0 spiro atoms. The molecule has 0 aliphatic carbocycles. The van der Waals surface area contributed by atoms with Crippen molar-refractivity contribution in [2.75, 3.05) is 19.5 Å². The second kappa shape index (κ2) is 10.2. The molecule has 0 bridgehead atoms. The number of hydrogen-bond acceptors (Lipinski definition) is 6. The van der Waals surface area contributed by atoms with E-state index in [2.05, 4.69) is 10.1 Å². The summed E-state index contributed by atoms with van der Waals surface area (Å²) >= 11 is 12.0. The topological polar surface area (TPSA) is 90.9 Å². The number of benzene rings is 3. The van der Waals surface area contributed by atoms with E-state index in [9.17, 15) is 14.4 Å². The highest BCUT2D eigenvalue weighted by Gasteiger charge is 2.19. The Labute approximate surface area is 193 Å². The minimum atomic E-state index is -0.711. The molecule has 1 amide bonds. The fraction of sp³-hybridized carbons (Fsp3) is 0.0870. The predicted molar refractivity (Wildman–Crippen MR) is 120 cm³/mol. The fourth-order valence-corrected chi connectivity index (χ4v) is 3.29. The zero-order valence-electron chi connectivity index (χ0n) is 17.0. The molecule has 0 aliphatic heterocycles. The number of halogens is 2. The SMILES string of the molecule is COC(=O)c1ccc(Oc2cccc(NC(=O)c3ccc(Cl)cc3Cl)c2)cc1C(=O)OC. The van der Waals surface area contributed by atoms with Gasteiger partial charge >= 0.3 is 11.9 Å². The van der Waals surface area contributed by atoms with Crippen molar-refractivity contribution in [3.8, 4) is 11.5 Å². The molecule has 1 N–H and O–H groups in total. The summed E-state index contributed by atoms with van der Waals surface area (Å²) in [6, 6.07) is 15.5. The van der Waals surface area contributed by atoms with Crippen LogP contribution in [-0.2, 0) is 9.47 Å². The van der Waals surface area contributed by atoms with Crippen LogP contribution in [0.2, 0.25) is 10.0 Å². The Morgan fingerprint density at radius 3 is 2.09 bits per heavy atom. The summed E-state index contributed by atoms with van der Waals surface area (Å²) in [6.07, 6.45) is 0. The van der Waals surface area contributed by atoms with Gasteiger partial charge in [0.05, 0.1) is 35.9 Å². The van der Waals surface area contributed by atoms with Gasteiger partial charge in [0.25, 0.3) is 5.91 Å². The molecular weight excluding hydrogens is 457 g/mol. The Bertz CT molecular complexity index is 1190. The molecule has 0 aromatic heterocycles. The molecule has 0 fully saturated rings. The van der Waals surface area contributed by atoms with E-state index < -0.39 is 17.8 Å². The highest BCUT2D eigenvalue weighted by Crippen LogP contribution is 2.28. The molecule has 9 heteroatoms. The summed E-state index contributed by atoms with van der Waals surface area (Å²) in [5.41, 5.74) is 0.771. The Morgan fingerprint density at radius 2 is 1.41 bits per heavy atom. The van der Waals surface area contributed by atoms with Gasteiger partial charge in [-0.05, 0) is 48.5 Å². The van der Waals surface area contributed by atoms with Crippen molar-refractivity contribution < 1.29 is 28.6 Å². The third-order valence-electron chi connectivity index (χ3n) is 4.31. The van der Waals surface area contributed by atoms with Gasteiger partial charge in [-0.3, -0.25) is 4.79 Å². The summed E-state index contributed by atoms with van der Waals surface area (Å²) < 4.78 is 15.2. The largest absolute Gasteiger partial charge is 0.465 e. The first-order chi connectivity index (χ1) is 15.3. The summed E-state index contributed by atoms with van der Waals surface area (Å²) in [4.78, 5) is 36.5. The number of esters is 2. The van der Waals surface area contributed by atoms with Crippen LogP contribution in [0.4, 0.5) is 5.69 Å². The van der Waals surface area contributed by atoms with Crippen molar-refractivity contribution >= 4 is 46.7 Å². The Morgan fingerprint density at radius 1 is 0.750 bits per heavy atom. The molecule has 164 valence electrons. The molecule has 0 aliphatic rings. The molecule has 0 unspecified atom stereocenters. The van der Waals surface area contributed by atoms with Gasteiger partial charge in [-0.1, -0.05) is 29.3 Å². The number of rotatable bonds is 6. The molecule has 0 heterocycles. The molecule has 0 saturated heterocycles. The van der Waals surface area contributed by atoms with Crippen LogP contribution in [0.15, 0.2) is 60.7 Å². The van der Waals surface area contributed by atoms with Crippen LogP contribution in [0.1, 0.15) is 31.1 Å². The maximum absolute atomic E-state index is 12.5. The first-order valence-electron chi connectivity index (χ1n) is 9.17. The lowest BCUT2D eigenvalue weighted by molar-refractivity contribution is 0.0555. The normalized spacial score (nSPS) is 10.2. The van der Waals surface area contributed by atoms with Crippen molar-refractivity contribution in [1.29, 1.82) is 0 Å². The number of anilines is 1. The molecule has 0 saturated carbocycles. The second-order valence-corrected chi connectivity index (χ2v) is 7.24. The number of nitrogens with one attached hydrogen (secondary N) is 1. The van der Waals surface area contributed by atoms with Crippen LogP contribution < -0.4 is 10.1 Å². The summed E-state index contributed by atoms with van der Waals surface area (Å²) in [6.45, 7) is 0. The second-order valence-electron chi connectivity index (χ2n) is 6.40. The average molecular weight is 474 g/mol. The van der Waals surface area contributed by atoms with Crippen LogP contribution >= 0.6 is 23.2 Å². The number of ether oxygens (including phenoxy) is 3. The van der Waals surface area contributed by atoms with Gasteiger partial charge in [0.2, 0.25) is 0 Å². The van der Waals surface area contributed by atoms with Crippen molar-refractivity contribution in [2.24, 2.45) is 0 Å². The molecule has 0 radical (unpaired) electrons. The van der Waals surface area contributed by atoms with Crippen LogP contribution in [0.3, 0.4) is 0 Å². The minimum absolute atomic E-state index is 0.00122. The monoisotopic (exact) mass is 473 g/mol. The number of methoxy groups -OCH3 is 2. The highest BCUT2D eigenvalue weighted by molar-refractivity contribution is 6.37. The molecule has 3 aromatic rings. The maximum atomic E-state index is 12.5. The zero-order chi connectivity index (χ0) is 23.3. The quantitative estimate of drug-likeness (QED) is 0.467. The third kappa shape index (κ3) is 5.38. The maximum Gasteiger partial charge on any atom is 0.338 e. The standard InChI is InChI=1S/C23H17Cl2NO6/c1-30-22(28)17-9-7-16(12-19(17)23(29)31-2)32-15-5-3-4-14(11-15)26-21(27)18-8-6-13(24)10-20(18)25/h3-12H,1-2H3,(H,26,27). The van der Waals surface area contributed by atoms with Crippen molar-refractivity contribution in [3.05, 3.63) is 87.4 Å². The van der Waals surface area contributed by atoms with Crippen LogP contribution in [-0.4, -0.2) is 32.1 Å². The molecule has 7 nitrogen and oxygen atoms in total. The first-order valence-corrected chi connectivity index (χ1v) is 9.93. The van der Waals surface area contributed by atoms with Gasteiger partial charge in [-0.25, -0.2) is 9.59 Å². The van der Waals surface area contributed by atoms with Gasteiger partial charge in [0.1, 0.15) is 11.5 Å². The van der Waals surface area contributed by atoms with Gasteiger partial charge in [-0.15, -0.1) is 0 Å². The average Bonchev–Trinajstić information content (AvgIpc) is 2.78. The number of carbonyl (C=O) groups excluding carboxylic acids is 3. The molecule has 3 rings (SSSR count). The summed E-state index contributed by atoms with van der Waals surface area (Å²) in [5, 5.41) is 3.38. The lowest BCUT2D eigenvalue weighted by Gasteiger charge is -2.12. The van der Waals surface area contributed by atoms with E-state index in [1.807, 2.05) is 0 Å². The van der Waals surface area contributed by atoms with Crippen LogP contribution in [0.5, 0.6) is 11.5 Å². The van der Waals surface area contributed by atoms with Gasteiger partial charge < -0.3 is 19.5 Å². The fourth-order valence-electron chi connectivity index (χ4n) is 2.80. The number of amides is 1. The Balaban J connectivity index is 1.82. The lowest BCUT2D eigenvalue weighted by atomic mass is 10.1. The molecule has 3 aromatic carbocycles. The Hall–Kier alpha value is -3.55. The van der Waals surface area contributed by atoms with E-state index in [-0.39, 0.29) is 27.5 Å². The van der Waals surface area contributed by atoms with E-state index in [1.165, 1.54) is 44.6 Å². The van der Waals surface area contributed by atoms with Gasteiger partial charge in [0, 0.05) is 16.8 Å². The van der Waals surface area contributed by atoms with E-state index in [0.717, 1.165) is 0 Å². The van der Waals surface area contributed by atoms with E-state index in [4.69, 9.17) is 32.7 Å². The number of hydrogen-bond donors (Lipinski definition) is 1. The summed E-state index contributed by atoms with van der Waals surface area (Å²) in [7, 11) is 2.42. The molecular formula is C23H17Cl2NO6. The van der Waals surface area contributed by atoms with Crippen LogP contribution in [0.25, 0.3) is 0 Å². The minimum Gasteiger partial charge on any atom is -0.465 e. The summed E-state index contributed by atoms with van der Waals surface area (Å²) in [5.74, 6) is -1.15. The lowest BCUT2D eigenvalue weighted by Crippen LogP contribution is -2.12. The molecule has 32 heavy (non-hydrogen) atoms. The molecule has 0 atom stereocenters. The number of carbonyl (C=O) groups is 3. The van der Waals surface area contributed by atoms with Gasteiger partial charge in [0.15, 0.2) is 0 Å². The predicted octanol–water partition coefficient (Wildman–Crippen LogP) is 5.61. The first kappa shape index (κ1) is 23.1.